The van der Waals surface area contributed by atoms with Gasteiger partial charge in [0, 0.05) is 34.3 Å². The molecular formula is C27H30Cl2F2N2O4S. The van der Waals surface area contributed by atoms with E-state index < -0.39 is 29.1 Å². The Kier molecular flexibility index (Phi) is 10.6. The zero-order valence-electron chi connectivity index (χ0n) is 20.8. The van der Waals surface area contributed by atoms with E-state index in [1.165, 1.54) is 24.0 Å². The van der Waals surface area contributed by atoms with Crippen molar-refractivity contribution < 1.29 is 28.5 Å². The van der Waals surface area contributed by atoms with Crippen molar-refractivity contribution in [2.45, 2.75) is 36.7 Å². The fourth-order valence-electron chi connectivity index (χ4n) is 4.84. The number of halogens is 4. The number of aliphatic carboxylic acids is 1. The van der Waals surface area contributed by atoms with Crippen molar-refractivity contribution in [1.29, 1.82) is 0 Å². The highest BCUT2D eigenvalue weighted by molar-refractivity contribution is 7.99. The lowest BCUT2D eigenvalue weighted by Crippen LogP contribution is -2.45. The summed E-state index contributed by atoms with van der Waals surface area (Å²) >= 11 is 7.66. The zero-order valence-corrected chi connectivity index (χ0v) is 23.2. The SMILES string of the molecule is COc1ccc2ncc(Cl)c([C@@H](O)CCC3(C(=O)O)CCN(CCSc4cc(F)ccc4F)CC3)c2c1.Cl. The first kappa shape index (κ1) is 30.4. The number of aromatic nitrogens is 1. The van der Waals surface area contributed by atoms with E-state index in [4.69, 9.17) is 16.3 Å². The van der Waals surface area contributed by atoms with E-state index in [0.717, 1.165) is 12.1 Å². The van der Waals surface area contributed by atoms with Crippen LogP contribution in [0.4, 0.5) is 8.78 Å². The van der Waals surface area contributed by atoms with Crippen LogP contribution in [0.1, 0.15) is 37.4 Å². The average molecular weight is 588 g/mol. The Morgan fingerprint density at radius 2 is 1.97 bits per heavy atom. The van der Waals surface area contributed by atoms with Crippen molar-refractivity contribution in [2.24, 2.45) is 5.41 Å². The second-order valence-electron chi connectivity index (χ2n) is 9.31. The van der Waals surface area contributed by atoms with Crippen LogP contribution in [0.3, 0.4) is 0 Å². The number of aliphatic hydroxyl groups excluding tert-OH is 1. The molecule has 1 aliphatic rings. The Bertz CT molecular complexity index is 1280. The van der Waals surface area contributed by atoms with Crippen LogP contribution in [0.5, 0.6) is 5.75 Å². The van der Waals surface area contributed by atoms with Crippen LogP contribution >= 0.6 is 35.8 Å². The van der Waals surface area contributed by atoms with Gasteiger partial charge in [-0.1, -0.05) is 11.6 Å². The van der Waals surface area contributed by atoms with Crippen molar-refractivity contribution in [3.8, 4) is 5.75 Å². The third-order valence-corrected chi connectivity index (χ3v) is 8.43. The summed E-state index contributed by atoms with van der Waals surface area (Å²) < 4.78 is 32.5. The smallest absolute Gasteiger partial charge is 0.309 e. The molecule has 2 heterocycles. The first-order valence-corrected chi connectivity index (χ1v) is 13.4. The van der Waals surface area contributed by atoms with Gasteiger partial charge >= 0.3 is 5.97 Å². The molecule has 0 saturated carbocycles. The number of fused-ring (bicyclic) bond motifs is 1. The van der Waals surface area contributed by atoms with E-state index >= 15 is 0 Å². The molecule has 4 rings (SSSR count). The molecule has 11 heteroatoms. The number of pyridine rings is 1. The number of nitrogens with zero attached hydrogens (tertiary/aromatic N) is 2. The van der Waals surface area contributed by atoms with Crippen LogP contribution < -0.4 is 4.74 Å². The minimum absolute atomic E-state index is 0. The number of hydrogen-bond acceptors (Lipinski definition) is 6. The Morgan fingerprint density at radius 1 is 1.24 bits per heavy atom. The largest absolute Gasteiger partial charge is 0.497 e. The molecule has 0 unspecified atom stereocenters. The summed E-state index contributed by atoms with van der Waals surface area (Å²) in [4.78, 5) is 19.1. The monoisotopic (exact) mass is 586 g/mol. The minimum Gasteiger partial charge on any atom is -0.497 e. The normalized spacial score (nSPS) is 16.1. The second-order valence-corrected chi connectivity index (χ2v) is 10.9. The molecule has 206 valence electrons. The molecule has 38 heavy (non-hydrogen) atoms. The van der Waals surface area contributed by atoms with E-state index in [2.05, 4.69) is 9.88 Å². The number of hydrogen-bond donors (Lipinski definition) is 2. The number of ether oxygens (including phenoxy) is 1. The molecule has 2 N–H and O–H groups in total. The van der Waals surface area contributed by atoms with Crippen LogP contribution in [0.2, 0.25) is 5.02 Å². The number of aliphatic hydroxyl groups is 1. The number of carbonyl (C=O) groups is 1. The molecule has 2 aromatic carbocycles. The molecule has 1 aromatic heterocycles. The summed E-state index contributed by atoms with van der Waals surface area (Å²) in [5.74, 6) is -0.624. The number of methoxy groups -OCH3 is 1. The predicted molar refractivity (Wildman–Crippen MR) is 148 cm³/mol. The number of benzene rings is 2. The van der Waals surface area contributed by atoms with Gasteiger partial charge in [0.05, 0.1) is 29.2 Å². The second kappa shape index (κ2) is 13.3. The summed E-state index contributed by atoms with van der Waals surface area (Å²) in [5, 5.41) is 22.2. The molecular weight excluding hydrogens is 557 g/mol. The number of likely N-dealkylation sites (tertiary alicyclic amines) is 1. The van der Waals surface area contributed by atoms with Crippen molar-refractivity contribution >= 4 is 52.6 Å². The molecule has 0 aliphatic carbocycles. The van der Waals surface area contributed by atoms with Crippen LogP contribution in [0.15, 0.2) is 47.5 Å². The Morgan fingerprint density at radius 3 is 2.66 bits per heavy atom. The third kappa shape index (κ3) is 6.87. The lowest BCUT2D eigenvalue weighted by Gasteiger charge is -2.39. The van der Waals surface area contributed by atoms with Crippen LogP contribution in [-0.4, -0.2) is 58.6 Å². The summed E-state index contributed by atoms with van der Waals surface area (Å²) in [6, 6.07) is 8.73. The van der Waals surface area contributed by atoms with Gasteiger partial charge in [0.1, 0.15) is 17.4 Å². The fraction of sp³-hybridized carbons (Fsp3) is 0.407. The number of carboxylic acid groups (broad SMARTS) is 1. The van der Waals surface area contributed by atoms with E-state index in [9.17, 15) is 23.8 Å². The highest BCUT2D eigenvalue weighted by Crippen LogP contribution is 2.41. The number of piperidine rings is 1. The van der Waals surface area contributed by atoms with Gasteiger partial charge in [-0.25, -0.2) is 8.78 Å². The maximum absolute atomic E-state index is 13.8. The summed E-state index contributed by atoms with van der Waals surface area (Å²) in [6.07, 6.45) is 1.94. The quantitative estimate of drug-likeness (QED) is 0.267. The van der Waals surface area contributed by atoms with Gasteiger partial charge in [0.25, 0.3) is 0 Å². The van der Waals surface area contributed by atoms with Gasteiger partial charge in [-0.15, -0.1) is 24.2 Å². The molecule has 0 amide bonds. The lowest BCUT2D eigenvalue weighted by atomic mass is 9.74. The van der Waals surface area contributed by atoms with Crippen LogP contribution in [0, 0.1) is 17.0 Å². The summed E-state index contributed by atoms with van der Waals surface area (Å²) in [5.41, 5.74) is 0.230. The van der Waals surface area contributed by atoms with Crippen molar-refractivity contribution in [3.05, 3.63) is 64.8 Å². The van der Waals surface area contributed by atoms with Gasteiger partial charge in [-0.3, -0.25) is 9.78 Å². The molecule has 1 atom stereocenters. The first-order chi connectivity index (χ1) is 17.7. The lowest BCUT2D eigenvalue weighted by molar-refractivity contribution is -0.153. The average Bonchev–Trinajstić information content (AvgIpc) is 2.89. The van der Waals surface area contributed by atoms with Gasteiger partial charge in [0.2, 0.25) is 0 Å². The first-order valence-electron chi connectivity index (χ1n) is 12.1. The zero-order chi connectivity index (χ0) is 26.6. The molecule has 0 spiro atoms. The predicted octanol–water partition coefficient (Wildman–Crippen LogP) is 6.37. The molecule has 1 saturated heterocycles. The maximum Gasteiger partial charge on any atom is 0.309 e. The van der Waals surface area contributed by atoms with Gasteiger partial charge < -0.3 is 19.8 Å². The highest BCUT2D eigenvalue weighted by atomic mass is 35.5. The highest BCUT2D eigenvalue weighted by Gasteiger charge is 2.41. The third-order valence-electron chi connectivity index (χ3n) is 7.12. The fourth-order valence-corrected chi connectivity index (χ4v) is 6.09. The molecule has 3 aromatic rings. The van der Waals surface area contributed by atoms with Crippen molar-refractivity contribution in [2.75, 3.05) is 32.5 Å². The Hall–Kier alpha value is -2.17. The Labute approximate surface area is 235 Å². The Balaban J connectivity index is 0.00000400. The van der Waals surface area contributed by atoms with E-state index in [-0.39, 0.29) is 23.7 Å². The number of thioether (sulfide) groups is 1. The topological polar surface area (TPSA) is 82.9 Å². The van der Waals surface area contributed by atoms with Gasteiger partial charge in [-0.2, -0.15) is 0 Å². The molecule has 1 aliphatic heterocycles. The maximum atomic E-state index is 13.8. The number of rotatable bonds is 10. The number of carboxylic acids is 1. The molecule has 0 radical (unpaired) electrons. The molecule has 6 nitrogen and oxygen atoms in total. The summed E-state index contributed by atoms with van der Waals surface area (Å²) in [6.45, 7) is 1.79. The van der Waals surface area contributed by atoms with Crippen molar-refractivity contribution in [3.63, 3.8) is 0 Å². The minimum atomic E-state index is -0.961. The molecule has 0 bridgehead atoms. The van der Waals surface area contributed by atoms with Crippen molar-refractivity contribution in [1.82, 2.24) is 9.88 Å². The van der Waals surface area contributed by atoms with Gasteiger partial charge in [-0.05, 0) is 75.2 Å². The van der Waals surface area contributed by atoms with Crippen LogP contribution in [-0.2, 0) is 4.79 Å². The van der Waals surface area contributed by atoms with Crippen LogP contribution in [0.25, 0.3) is 10.9 Å². The van der Waals surface area contributed by atoms with E-state index in [0.29, 0.717) is 71.9 Å². The molecule has 1 fully saturated rings. The summed E-state index contributed by atoms with van der Waals surface area (Å²) in [7, 11) is 1.55. The van der Waals surface area contributed by atoms with E-state index in [1.807, 2.05) is 0 Å². The van der Waals surface area contributed by atoms with Gasteiger partial charge in [0.15, 0.2) is 0 Å². The standard InChI is InChI=1S/C27H29ClF2N2O4S.ClH/c1-36-18-3-5-22-19(15-18)25(20(28)16-31-22)23(33)6-7-27(26(34)35)8-10-32(11-9-27)12-13-37-24-14-17(29)2-4-21(24)30;/h2-5,14-16,23,33H,6-13H2,1H3,(H,34,35);1H/t23-;/m0./s1. The van der Waals surface area contributed by atoms with E-state index in [1.54, 1.807) is 25.3 Å².